The average Bonchev–Trinajstić information content (AvgIpc) is 2.73. The molecule has 1 fully saturated rings. The summed E-state index contributed by atoms with van der Waals surface area (Å²) in [6.45, 7) is 1.67. The van der Waals surface area contributed by atoms with E-state index in [4.69, 9.17) is 16.3 Å². The van der Waals surface area contributed by atoms with Crippen molar-refractivity contribution in [3.8, 4) is 5.75 Å². The Balaban J connectivity index is 0.00000128. The van der Waals surface area contributed by atoms with E-state index in [-0.39, 0.29) is 17.4 Å². The maximum atomic E-state index is 12.8. The van der Waals surface area contributed by atoms with Crippen LogP contribution in [0.5, 0.6) is 5.75 Å². The second kappa shape index (κ2) is 6.28. The molecule has 2 nitrogen and oxygen atoms in total. The maximum absolute atomic E-state index is 12.8. The topological polar surface area (TPSA) is 21.3 Å². The van der Waals surface area contributed by atoms with Gasteiger partial charge in [-0.05, 0) is 31.5 Å². The van der Waals surface area contributed by atoms with Crippen LogP contribution >= 0.6 is 24.0 Å². The van der Waals surface area contributed by atoms with Gasteiger partial charge in [0.15, 0.2) is 0 Å². The van der Waals surface area contributed by atoms with E-state index in [0.29, 0.717) is 18.4 Å². The quantitative estimate of drug-likeness (QED) is 0.907. The van der Waals surface area contributed by atoms with Crippen molar-refractivity contribution in [2.75, 3.05) is 13.2 Å². The van der Waals surface area contributed by atoms with Crippen molar-refractivity contribution >= 4 is 24.0 Å². The number of ether oxygens (including phenoxy) is 1. The van der Waals surface area contributed by atoms with E-state index in [1.54, 1.807) is 6.07 Å². The first-order chi connectivity index (χ1) is 7.25. The standard InChI is InChI=1S/C11H13ClFNO.ClH/c12-10-6-9(3-4-11(10)13)15-7-8-2-1-5-14-8;/h3-4,6,8,14H,1-2,5,7H2;1H. The zero-order valence-electron chi connectivity index (χ0n) is 8.71. The summed E-state index contributed by atoms with van der Waals surface area (Å²) >= 11 is 5.64. The Morgan fingerprint density at radius 3 is 2.94 bits per heavy atom. The maximum Gasteiger partial charge on any atom is 0.142 e. The molecule has 0 bridgehead atoms. The van der Waals surface area contributed by atoms with Crippen molar-refractivity contribution in [2.24, 2.45) is 0 Å². The van der Waals surface area contributed by atoms with Crippen LogP contribution in [0, 0.1) is 5.82 Å². The molecule has 0 amide bonds. The lowest BCUT2D eigenvalue weighted by molar-refractivity contribution is 0.277. The van der Waals surface area contributed by atoms with Crippen LogP contribution < -0.4 is 10.1 Å². The van der Waals surface area contributed by atoms with Crippen LogP contribution in [0.1, 0.15) is 12.8 Å². The number of hydrogen-bond donors (Lipinski definition) is 1. The molecule has 1 aromatic rings. The molecule has 2 rings (SSSR count). The van der Waals surface area contributed by atoms with Gasteiger partial charge in [0, 0.05) is 12.1 Å². The van der Waals surface area contributed by atoms with Crippen LogP contribution in [0.4, 0.5) is 4.39 Å². The lowest BCUT2D eigenvalue weighted by atomic mass is 10.2. The van der Waals surface area contributed by atoms with E-state index in [2.05, 4.69) is 5.32 Å². The van der Waals surface area contributed by atoms with Gasteiger partial charge in [-0.2, -0.15) is 0 Å². The van der Waals surface area contributed by atoms with E-state index in [0.717, 1.165) is 13.0 Å². The third kappa shape index (κ3) is 3.51. The molecule has 0 spiro atoms. The highest BCUT2D eigenvalue weighted by Crippen LogP contribution is 2.21. The lowest BCUT2D eigenvalue weighted by Crippen LogP contribution is -2.28. The van der Waals surface area contributed by atoms with Gasteiger partial charge in [-0.25, -0.2) is 4.39 Å². The molecule has 1 N–H and O–H groups in total. The Morgan fingerprint density at radius 2 is 2.31 bits per heavy atom. The van der Waals surface area contributed by atoms with Gasteiger partial charge >= 0.3 is 0 Å². The van der Waals surface area contributed by atoms with Gasteiger partial charge < -0.3 is 10.1 Å². The van der Waals surface area contributed by atoms with Crippen molar-refractivity contribution < 1.29 is 9.13 Å². The molecule has 0 aliphatic carbocycles. The van der Waals surface area contributed by atoms with Crippen LogP contribution in [-0.4, -0.2) is 19.2 Å². The normalized spacial score (nSPS) is 19.2. The predicted octanol–water partition coefficient (Wildman–Crippen LogP) is 3.03. The summed E-state index contributed by atoms with van der Waals surface area (Å²) in [6.07, 6.45) is 2.33. The Labute approximate surface area is 106 Å². The highest BCUT2D eigenvalue weighted by atomic mass is 35.5. The highest BCUT2D eigenvalue weighted by molar-refractivity contribution is 6.30. The Hall–Kier alpha value is -0.510. The summed E-state index contributed by atoms with van der Waals surface area (Å²) in [4.78, 5) is 0. The van der Waals surface area contributed by atoms with Crippen molar-refractivity contribution in [1.82, 2.24) is 5.32 Å². The number of nitrogens with one attached hydrogen (secondary N) is 1. The molecule has 0 saturated carbocycles. The number of hydrogen-bond acceptors (Lipinski definition) is 2. The molecular weight excluding hydrogens is 252 g/mol. The molecule has 1 aliphatic heterocycles. The van der Waals surface area contributed by atoms with Crippen LogP contribution in [0.2, 0.25) is 5.02 Å². The van der Waals surface area contributed by atoms with Gasteiger partial charge in [0.1, 0.15) is 18.2 Å². The molecule has 1 unspecified atom stereocenters. The van der Waals surface area contributed by atoms with Gasteiger partial charge in [0.2, 0.25) is 0 Å². The first-order valence-electron chi connectivity index (χ1n) is 5.07. The predicted molar refractivity (Wildman–Crippen MR) is 65.2 cm³/mol. The summed E-state index contributed by atoms with van der Waals surface area (Å²) in [6, 6.07) is 4.83. The van der Waals surface area contributed by atoms with E-state index in [1.165, 1.54) is 18.6 Å². The minimum atomic E-state index is -0.414. The fourth-order valence-electron chi connectivity index (χ4n) is 1.66. The fourth-order valence-corrected chi connectivity index (χ4v) is 1.83. The van der Waals surface area contributed by atoms with E-state index in [9.17, 15) is 4.39 Å². The van der Waals surface area contributed by atoms with Crippen molar-refractivity contribution in [1.29, 1.82) is 0 Å². The van der Waals surface area contributed by atoms with Crippen molar-refractivity contribution in [3.05, 3.63) is 29.0 Å². The second-order valence-corrected chi connectivity index (χ2v) is 4.09. The molecule has 1 heterocycles. The molecule has 1 aromatic carbocycles. The zero-order valence-corrected chi connectivity index (χ0v) is 10.3. The van der Waals surface area contributed by atoms with Crippen LogP contribution in [0.3, 0.4) is 0 Å². The molecular formula is C11H14Cl2FNO. The Bertz CT molecular complexity index is 343. The SMILES string of the molecule is Cl.Fc1ccc(OCC2CCCN2)cc1Cl. The summed E-state index contributed by atoms with van der Waals surface area (Å²) in [5.41, 5.74) is 0. The summed E-state index contributed by atoms with van der Waals surface area (Å²) < 4.78 is 18.4. The molecule has 1 saturated heterocycles. The molecule has 0 radical (unpaired) electrons. The molecule has 1 atom stereocenters. The largest absolute Gasteiger partial charge is 0.492 e. The van der Waals surface area contributed by atoms with Gasteiger partial charge in [-0.1, -0.05) is 11.6 Å². The first-order valence-corrected chi connectivity index (χ1v) is 5.45. The molecule has 1 aliphatic rings. The molecule has 90 valence electrons. The average molecular weight is 266 g/mol. The smallest absolute Gasteiger partial charge is 0.142 e. The zero-order chi connectivity index (χ0) is 10.7. The molecule has 0 aromatic heterocycles. The fraction of sp³-hybridized carbons (Fsp3) is 0.455. The molecule has 5 heteroatoms. The van der Waals surface area contributed by atoms with Crippen LogP contribution in [0.15, 0.2) is 18.2 Å². The van der Waals surface area contributed by atoms with Gasteiger partial charge in [0.25, 0.3) is 0 Å². The second-order valence-electron chi connectivity index (χ2n) is 3.68. The highest BCUT2D eigenvalue weighted by Gasteiger charge is 2.14. The number of halogens is 3. The summed E-state index contributed by atoms with van der Waals surface area (Å²) in [7, 11) is 0. The van der Waals surface area contributed by atoms with Crippen LogP contribution in [-0.2, 0) is 0 Å². The summed E-state index contributed by atoms with van der Waals surface area (Å²) in [5, 5.41) is 3.42. The van der Waals surface area contributed by atoms with Crippen LogP contribution in [0.25, 0.3) is 0 Å². The first kappa shape index (κ1) is 13.6. The van der Waals surface area contributed by atoms with Gasteiger partial charge in [-0.15, -0.1) is 12.4 Å². The Morgan fingerprint density at radius 1 is 1.50 bits per heavy atom. The van der Waals surface area contributed by atoms with Crippen molar-refractivity contribution in [2.45, 2.75) is 18.9 Å². The monoisotopic (exact) mass is 265 g/mol. The third-order valence-corrected chi connectivity index (χ3v) is 2.79. The number of benzene rings is 1. The third-order valence-electron chi connectivity index (χ3n) is 2.50. The lowest BCUT2D eigenvalue weighted by Gasteiger charge is -2.12. The Kier molecular flexibility index (Phi) is 5.32. The van der Waals surface area contributed by atoms with Gasteiger partial charge in [-0.3, -0.25) is 0 Å². The van der Waals surface area contributed by atoms with E-state index in [1.807, 2.05) is 0 Å². The van der Waals surface area contributed by atoms with Gasteiger partial charge in [0.05, 0.1) is 5.02 Å². The molecule has 16 heavy (non-hydrogen) atoms. The summed E-state index contributed by atoms with van der Waals surface area (Å²) in [5.74, 6) is 0.207. The van der Waals surface area contributed by atoms with E-state index < -0.39 is 5.82 Å². The minimum absolute atomic E-state index is 0. The minimum Gasteiger partial charge on any atom is -0.492 e. The van der Waals surface area contributed by atoms with E-state index >= 15 is 0 Å². The van der Waals surface area contributed by atoms with Crippen molar-refractivity contribution in [3.63, 3.8) is 0 Å². The number of rotatable bonds is 3.